The van der Waals surface area contributed by atoms with Crippen molar-refractivity contribution >= 4 is 21.9 Å². The highest BCUT2D eigenvalue weighted by Crippen LogP contribution is 2.19. The number of hydrogen-bond acceptors (Lipinski definition) is 2. The molecule has 0 spiro atoms. The number of carbonyl (C=O) groups is 1. The van der Waals surface area contributed by atoms with Crippen molar-refractivity contribution < 1.29 is 9.90 Å². The molecular formula is C14H20BrNO2. The molecular weight excluding hydrogens is 294 g/mol. The summed E-state index contributed by atoms with van der Waals surface area (Å²) in [6.07, 6.45) is 2.61. The Morgan fingerprint density at radius 2 is 2.22 bits per heavy atom. The maximum Gasteiger partial charge on any atom is 0.320 e. The predicted molar refractivity (Wildman–Crippen MR) is 76.6 cm³/mol. The van der Waals surface area contributed by atoms with Crippen LogP contribution in [-0.4, -0.2) is 17.1 Å². The third-order valence-electron chi connectivity index (χ3n) is 2.94. The van der Waals surface area contributed by atoms with E-state index in [1.54, 1.807) is 0 Å². The van der Waals surface area contributed by atoms with Gasteiger partial charge in [0.2, 0.25) is 0 Å². The summed E-state index contributed by atoms with van der Waals surface area (Å²) < 4.78 is 1.01. The molecule has 2 N–H and O–H groups in total. The lowest BCUT2D eigenvalue weighted by atomic mass is 10.1. The van der Waals surface area contributed by atoms with Crippen LogP contribution in [0.25, 0.3) is 0 Å². The number of carboxylic acids is 1. The number of halogens is 1. The van der Waals surface area contributed by atoms with Crippen LogP contribution in [0.1, 0.15) is 44.7 Å². The molecule has 100 valence electrons. The molecule has 1 rings (SSSR count). The second-order valence-electron chi connectivity index (χ2n) is 4.48. The van der Waals surface area contributed by atoms with Crippen molar-refractivity contribution in [3.63, 3.8) is 0 Å². The van der Waals surface area contributed by atoms with Gasteiger partial charge in [-0.15, -0.1) is 0 Å². The van der Waals surface area contributed by atoms with Gasteiger partial charge in [-0.05, 0) is 31.0 Å². The van der Waals surface area contributed by atoms with Gasteiger partial charge >= 0.3 is 5.97 Å². The first-order valence-corrected chi connectivity index (χ1v) is 7.08. The molecule has 0 heterocycles. The van der Waals surface area contributed by atoms with Crippen molar-refractivity contribution in [2.45, 2.75) is 45.2 Å². The Kier molecular flexibility index (Phi) is 6.36. The van der Waals surface area contributed by atoms with Gasteiger partial charge in [-0.1, -0.05) is 47.8 Å². The minimum Gasteiger partial charge on any atom is -0.480 e. The van der Waals surface area contributed by atoms with Gasteiger partial charge in [0.1, 0.15) is 6.04 Å². The van der Waals surface area contributed by atoms with Crippen LogP contribution in [0, 0.1) is 0 Å². The van der Waals surface area contributed by atoms with E-state index < -0.39 is 12.0 Å². The van der Waals surface area contributed by atoms with E-state index in [4.69, 9.17) is 0 Å². The van der Waals surface area contributed by atoms with E-state index in [2.05, 4.69) is 28.2 Å². The fraction of sp³-hybridized carbons (Fsp3) is 0.500. The molecule has 4 heteroatoms. The van der Waals surface area contributed by atoms with E-state index in [0.717, 1.165) is 22.9 Å². The Morgan fingerprint density at radius 1 is 1.50 bits per heavy atom. The molecule has 0 bridgehead atoms. The fourth-order valence-electron chi connectivity index (χ4n) is 1.86. The maximum absolute atomic E-state index is 11.2. The van der Waals surface area contributed by atoms with Crippen LogP contribution in [0.2, 0.25) is 0 Å². The molecule has 0 aromatic heterocycles. The van der Waals surface area contributed by atoms with Crippen LogP contribution >= 0.6 is 15.9 Å². The van der Waals surface area contributed by atoms with Gasteiger partial charge in [0.25, 0.3) is 0 Å². The van der Waals surface area contributed by atoms with Gasteiger partial charge in [0, 0.05) is 10.5 Å². The van der Waals surface area contributed by atoms with Crippen molar-refractivity contribution in [1.82, 2.24) is 5.32 Å². The first kappa shape index (κ1) is 15.2. The van der Waals surface area contributed by atoms with Gasteiger partial charge in [-0.2, -0.15) is 0 Å². The number of benzene rings is 1. The molecule has 1 aromatic rings. The number of hydrogen-bond donors (Lipinski definition) is 2. The summed E-state index contributed by atoms with van der Waals surface area (Å²) in [4.78, 5) is 11.2. The Labute approximate surface area is 117 Å². The predicted octanol–water partition coefficient (Wildman–Crippen LogP) is 3.74. The van der Waals surface area contributed by atoms with E-state index in [1.807, 2.05) is 31.2 Å². The van der Waals surface area contributed by atoms with E-state index in [-0.39, 0.29) is 6.04 Å². The second-order valence-corrected chi connectivity index (χ2v) is 5.39. The summed E-state index contributed by atoms with van der Waals surface area (Å²) in [5.74, 6) is -0.773. The van der Waals surface area contributed by atoms with Gasteiger partial charge < -0.3 is 5.11 Å². The average Bonchev–Trinajstić information content (AvgIpc) is 2.33. The summed E-state index contributed by atoms with van der Waals surface area (Å²) in [7, 11) is 0. The van der Waals surface area contributed by atoms with Crippen molar-refractivity contribution in [1.29, 1.82) is 0 Å². The highest BCUT2D eigenvalue weighted by Gasteiger charge is 2.19. The van der Waals surface area contributed by atoms with Gasteiger partial charge in [0.05, 0.1) is 0 Å². The Hall–Kier alpha value is -0.870. The molecule has 1 aromatic carbocycles. The quantitative estimate of drug-likeness (QED) is 0.806. The van der Waals surface area contributed by atoms with Crippen LogP contribution in [0.5, 0.6) is 0 Å². The molecule has 0 fully saturated rings. The molecule has 0 aliphatic rings. The number of carboxylic acid groups (broad SMARTS) is 1. The zero-order chi connectivity index (χ0) is 13.5. The number of rotatable bonds is 7. The number of aliphatic carboxylic acids is 1. The first-order chi connectivity index (χ1) is 8.54. The molecule has 1 unspecified atom stereocenters. The highest BCUT2D eigenvalue weighted by molar-refractivity contribution is 9.10. The lowest BCUT2D eigenvalue weighted by Gasteiger charge is -2.20. The Morgan fingerprint density at radius 3 is 2.78 bits per heavy atom. The largest absolute Gasteiger partial charge is 0.480 e. The fourth-order valence-corrected chi connectivity index (χ4v) is 2.28. The summed E-state index contributed by atoms with van der Waals surface area (Å²) in [5.41, 5.74) is 1.09. The molecule has 0 saturated heterocycles. The molecule has 0 aliphatic carbocycles. The lowest BCUT2D eigenvalue weighted by molar-refractivity contribution is -0.139. The van der Waals surface area contributed by atoms with Gasteiger partial charge in [-0.3, -0.25) is 10.1 Å². The minimum absolute atomic E-state index is 0.0282. The van der Waals surface area contributed by atoms with Crippen LogP contribution in [0.15, 0.2) is 28.7 Å². The van der Waals surface area contributed by atoms with Crippen LogP contribution in [0.4, 0.5) is 0 Å². The van der Waals surface area contributed by atoms with Crippen molar-refractivity contribution in [3.8, 4) is 0 Å². The zero-order valence-electron chi connectivity index (χ0n) is 10.8. The highest BCUT2D eigenvalue weighted by atomic mass is 79.9. The number of nitrogens with one attached hydrogen (secondary N) is 1. The second kappa shape index (κ2) is 7.54. The normalized spacial score (nSPS) is 14.2. The Balaban J connectivity index is 2.65. The minimum atomic E-state index is -0.773. The van der Waals surface area contributed by atoms with Crippen molar-refractivity contribution in [2.24, 2.45) is 0 Å². The molecule has 3 nitrogen and oxygen atoms in total. The summed E-state index contributed by atoms with van der Waals surface area (Å²) in [6, 6.07) is 7.48. The van der Waals surface area contributed by atoms with Crippen LogP contribution in [-0.2, 0) is 4.79 Å². The summed E-state index contributed by atoms with van der Waals surface area (Å²) >= 11 is 3.42. The van der Waals surface area contributed by atoms with Crippen LogP contribution < -0.4 is 5.32 Å². The van der Waals surface area contributed by atoms with Crippen molar-refractivity contribution in [2.75, 3.05) is 0 Å². The van der Waals surface area contributed by atoms with E-state index in [9.17, 15) is 9.90 Å². The monoisotopic (exact) mass is 313 g/mol. The van der Waals surface area contributed by atoms with E-state index >= 15 is 0 Å². The van der Waals surface area contributed by atoms with Gasteiger partial charge in [-0.25, -0.2) is 0 Å². The third kappa shape index (κ3) is 4.78. The van der Waals surface area contributed by atoms with E-state index in [1.165, 1.54) is 0 Å². The smallest absolute Gasteiger partial charge is 0.320 e. The molecule has 0 amide bonds. The molecule has 0 radical (unpaired) electrons. The summed E-state index contributed by atoms with van der Waals surface area (Å²) in [6.45, 7) is 4.06. The molecule has 18 heavy (non-hydrogen) atoms. The topological polar surface area (TPSA) is 49.3 Å². The standard InChI is InChI=1S/C14H20BrNO2/c1-3-4-8-13(14(17)18)16-10(2)11-6-5-7-12(15)9-11/h5-7,9-10,13,16H,3-4,8H2,1-2H3,(H,17,18)/t10-,13?/m1/s1. The molecule has 0 saturated carbocycles. The third-order valence-corrected chi connectivity index (χ3v) is 3.44. The molecule has 0 aliphatic heterocycles. The van der Waals surface area contributed by atoms with Gasteiger partial charge in [0.15, 0.2) is 0 Å². The van der Waals surface area contributed by atoms with Crippen LogP contribution in [0.3, 0.4) is 0 Å². The number of unbranched alkanes of at least 4 members (excludes halogenated alkanes) is 1. The maximum atomic E-state index is 11.2. The summed E-state index contributed by atoms with van der Waals surface area (Å²) in [5, 5.41) is 12.4. The lowest BCUT2D eigenvalue weighted by Crippen LogP contribution is -2.38. The van der Waals surface area contributed by atoms with E-state index in [0.29, 0.717) is 6.42 Å². The molecule has 2 atom stereocenters. The Bertz CT molecular complexity index is 395. The first-order valence-electron chi connectivity index (χ1n) is 6.29. The SMILES string of the molecule is CCCCC(N[C@H](C)c1cccc(Br)c1)C(=O)O. The zero-order valence-corrected chi connectivity index (χ0v) is 12.4. The average molecular weight is 314 g/mol. The van der Waals surface area contributed by atoms with Crippen molar-refractivity contribution in [3.05, 3.63) is 34.3 Å².